The Morgan fingerprint density at radius 3 is 2.82 bits per heavy atom. The van der Waals surface area contributed by atoms with Gasteiger partial charge in [-0.15, -0.1) is 0 Å². The predicted octanol–water partition coefficient (Wildman–Crippen LogP) is 3.46. The van der Waals surface area contributed by atoms with Gasteiger partial charge in [-0.25, -0.2) is 0 Å². The molecule has 94 valence electrons. The van der Waals surface area contributed by atoms with Crippen LogP contribution in [0.1, 0.15) is 50.3 Å². The summed E-state index contributed by atoms with van der Waals surface area (Å²) in [6.45, 7) is 4.14. The molecule has 17 heavy (non-hydrogen) atoms. The molecule has 0 bridgehead atoms. The van der Waals surface area contributed by atoms with Crippen LogP contribution in [0.3, 0.4) is 0 Å². The van der Waals surface area contributed by atoms with E-state index in [1.165, 1.54) is 36.8 Å². The van der Waals surface area contributed by atoms with Gasteiger partial charge in [0, 0.05) is 6.04 Å². The zero-order valence-corrected chi connectivity index (χ0v) is 11.1. The smallest absolute Gasteiger partial charge is 0.120 e. The number of nitrogens with one attached hydrogen (secondary N) is 1. The molecule has 0 fully saturated rings. The average Bonchev–Trinajstić information content (AvgIpc) is 2.49. The van der Waals surface area contributed by atoms with Crippen LogP contribution in [0.15, 0.2) is 18.2 Å². The number of rotatable bonds is 3. The topological polar surface area (TPSA) is 21.3 Å². The highest BCUT2D eigenvalue weighted by molar-refractivity contribution is 5.38. The van der Waals surface area contributed by atoms with E-state index in [4.69, 9.17) is 4.74 Å². The normalized spacial score (nSPS) is 19.9. The Kier molecular flexibility index (Phi) is 4.06. The fourth-order valence-electron chi connectivity index (χ4n) is 2.59. The van der Waals surface area contributed by atoms with E-state index in [9.17, 15) is 0 Å². The molecule has 1 N–H and O–H groups in total. The van der Waals surface area contributed by atoms with Crippen molar-refractivity contribution in [2.45, 2.75) is 51.7 Å². The van der Waals surface area contributed by atoms with Crippen LogP contribution >= 0.6 is 0 Å². The maximum Gasteiger partial charge on any atom is 0.120 e. The summed E-state index contributed by atoms with van der Waals surface area (Å²) in [5.74, 6) is 1.00. The van der Waals surface area contributed by atoms with Gasteiger partial charge in [0.05, 0.1) is 6.10 Å². The van der Waals surface area contributed by atoms with E-state index in [1.54, 1.807) is 0 Å². The number of hydrogen-bond donors (Lipinski definition) is 1. The van der Waals surface area contributed by atoms with Crippen molar-refractivity contribution in [1.29, 1.82) is 0 Å². The van der Waals surface area contributed by atoms with Gasteiger partial charge in [0.25, 0.3) is 0 Å². The molecule has 1 aromatic rings. The van der Waals surface area contributed by atoms with Crippen LogP contribution < -0.4 is 10.1 Å². The summed E-state index contributed by atoms with van der Waals surface area (Å²) in [6, 6.07) is 7.06. The first-order valence-electron chi connectivity index (χ1n) is 6.67. The molecule has 1 aliphatic carbocycles. The molecule has 0 aromatic heterocycles. The van der Waals surface area contributed by atoms with Gasteiger partial charge in [-0.2, -0.15) is 0 Å². The third-order valence-corrected chi connectivity index (χ3v) is 3.40. The Morgan fingerprint density at radius 2 is 2.12 bits per heavy atom. The van der Waals surface area contributed by atoms with Gasteiger partial charge in [-0.05, 0) is 63.4 Å². The summed E-state index contributed by atoms with van der Waals surface area (Å²) in [4.78, 5) is 0. The van der Waals surface area contributed by atoms with Crippen molar-refractivity contribution in [1.82, 2.24) is 5.32 Å². The van der Waals surface area contributed by atoms with Crippen molar-refractivity contribution in [3.8, 4) is 5.75 Å². The van der Waals surface area contributed by atoms with Gasteiger partial charge >= 0.3 is 0 Å². The number of hydrogen-bond acceptors (Lipinski definition) is 2. The quantitative estimate of drug-likeness (QED) is 0.807. The Morgan fingerprint density at radius 1 is 1.29 bits per heavy atom. The highest BCUT2D eigenvalue weighted by atomic mass is 16.5. The first kappa shape index (κ1) is 12.4. The average molecular weight is 233 g/mol. The minimum atomic E-state index is 0.242. The highest BCUT2D eigenvalue weighted by Crippen LogP contribution is 2.31. The third-order valence-electron chi connectivity index (χ3n) is 3.40. The Hall–Kier alpha value is -1.02. The molecule has 0 spiro atoms. The van der Waals surface area contributed by atoms with Gasteiger partial charge in [-0.3, -0.25) is 0 Å². The summed E-state index contributed by atoms with van der Waals surface area (Å²) in [5.41, 5.74) is 2.92. The number of benzene rings is 1. The lowest BCUT2D eigenvalue weighted by atomic mass is 9.99. The third kappa shape index (κ3) is 3.01. The zero-order chi connectivity index (χ0) is 12.3. The molecule has 1 atom stereocenters. The van der Waals surface area contributed by atoms with Crippen molar-refractivity contribution < 1.29 is 4.74 Å². The minimum absolute atomic E-state index is 0.242. The molecule has 0 radical (unpaired) electrons. The summed E-state index contributed by atoms with van der Waals surface area (Å²) in [6.07, 6.45) is 5.28. The molecule has 2 nitrogen and oxygen atoms in total. The lowest BCUT2D eigenvalue weighted by Crippen LogP contribution is -2.17. The maximum atomic E-state index is 5.79. The van der Waals surface area contributed by atoms with Crippen molar-refractivity contribution in [3.63, 3.8) is 0 Å². The monoisotopic (exact) mass is 233 g/mol. The molecule has 2 rings (SSSR count). The van der Waals surface area contributed by atoms with Gasteiger partial charge in [0.1, 0.15) is 5.75 Å². The SMILES string of the molecule is CNC1CCCCc2ccc(OC(C)C)cc21. The molecule has 1 unspecified atom stereocenters. The lowest BCUT2D eigenvalue weighted by molar-refractivity contribution is 0.242. The fourth-order valence-corrected chi connectivity index (χ4v) is 2.59. The highest BCUT2D eigenvalue weighted by Gasteiger charge is 2.17. The van der Waals surface area contributed by atoms with E-state index in [2.05, 4.69) is 44.4 Å². The van der Waals surface area contributed by atoms with Crippen LogP contribution in [-0.4, -0.2) is 13.2 Å². The van der Waals surface area contributed by atoms with Gasteiger partial charge in [0.2, 0.25) is 0 Å². The van der Waals surface area contributed by atoms with Crippen LogP contribution in [-0.2, 0) is 6.42 Å². The Balaban J connectivity index is 2.29. The Labute approximate surface area is 104 Å². The van der Waals surface area contributed by atoms with E-state index in [-0.39, 0.29) is 6.10 Å². The van der Waals surface area contributed by atoms with Crippen molar-refractivity contribution in [2.75, 3.05) is 7.05 Å². The second-order valence-electron chi connectivity index (χ2n) is 5.11. The maximum absolute atomic E-state index is 5.79. The molecule has 0 heterocycles. The molecule has 1 aromatic carbocycles. The first-order valence-corrected chi connectivity index (χ1v) is 6.67. The molecular formula is C15H23NO. The summed E-state index contributed by atoms with van der Waals surface area (Å²) < 4.78 is 5.79. The summed E-state index contributed by atoms with van der Waals surface area (Å²) in [7, 11) is 2.05. The van der Waals surface area contributed by atoms with Crippen molar-refractivity contribution in [2.24, 2.45) is 0 Å². The van der Waals surface area contributed by atoms with E-state index < -0.39 is 0 Å². The van der Waals surface area contributed by atoms with Crippen LogP contribution in [0.5, 0.6) is 5.75 Å². The summed E-state index contributed by atoms with van der Waals surface area (Å²) >= 11 is 0. The first-order chi connectivity index (χ1) is 8.20. The number of ether oxygens (including phenoxy) is 1. The van der Waals surface area contributed by atoms with Gasteiger partial charge < -0.3 is 10.1 Å². The van der Waals surface area contributed by atoms with Crippen LogP contribution in [0, 0.1) is 0 Å². The van der Waals surface area contributed by atoms with Crippen LogP contribution in [0.25, 0.3) is 0 Å². The molecule has 2 heteroatoms. The van der Waals surface area contributed by atoms with E-state index >= 15 is 0 Å². The lowest BCUT2D eigenvalue weighted by Gasteiger charge is -2.19. The fraction of sp³-hybridized carbons (Fsp3) is 0.600. The van der Waals surface area contributed by atoms with Crippen molar-refractivity contribution >= 4 is 0 Å². The minimum Gasteiger partial charge on any atom is -0.491 e. The van der Waals surface area contributed by atoms with E-state index in [0.29, 0.717) is 6.04 Å². The number of fused-ring (bicyclic) bond motifs is 1. The van der Waals surface area contributed by atoms with Crippen LogP contribution in [0.2, 0.25) is 0 Å². The molecular weight excluding hydrogens is 210 g/mol. The second-order valence-corrected chi connectivity index (χ2v) is 5.11. The largest absolute Gasteiger partial charge is 0.491 e. The van der Waals surface area contributed by atoms with E-state index in [1.807, 2.05) is 0 Å². The van der Waals surface area contributed by atoms with Crippen molar-refractivity contribution in [3.05, 3.63) is 29.3 Å². The molecule has 0 amide bonds. The second kappa shape index (κ2) is 5.54. The molecule has 0 aliphatic heterocycles. The standard InChI is InChI=1S/C15H23NO/c1-11(2)17-13-9-8-12-6-4-5-7-15(16-3)14(12)10-13/h8-11,15-16H,4-7H2,1-3H3. The molecule has 1 aliphatic rings. The number of aryl methyl sites for hydroxylation is 1. The summed E-state index contributed by atoms with van der Waals surface area (Å²) in [5, 5.41) is 3.43. The molecule has 0 saturated heterocycles. The molecule has 0 saturated carbocycles. The Bertz CT molecular complexity index is 373. The zero-order valence-electron chi connectivity index (χ0n) is 11.1. The van der Waals surface area contributed by atoms with Gasteiger partial charge in [-0.1, -0.05) is 12.5 Å². The van der Waals surface area contributed by atoms with E-state index in [0.717, 1.165) is 5.75 Å². The van der Waals surface area contributed by atoms with Crippen LogP contribution in [0.4, 0.5) is 0 Å². The predicted molar refractivity (Wildman–Crippen MR) is 71.6 cm³/mol. The van der Waals surface area contributed by atoms with Gasteiger partial charge in [0.15, 0.2) is 0 Å².